The lowest BCUT2D eigenvalue weighted by Gasteiger charge is -2.46. The van der Waals surface area contributed by atoms with E-state index < -0.39 is 0 Å². The molecule has 7 heteroatoms. The first-order valence-corrected chi connectivity index (χ1v) is 10.2. The molecule has 3 heterocycles. The molecule has 2 amide bonds. The average Bonchev–Trinajstić information content (AvgIpc) is 3.21. The van der Waals surface area contributed by atoms with Crippen molar-refractivity contribution in [1.29, 1.82) is 0 Å². The number of fused-ring (bicyclic) bond motifs is 2. The molecule has 27 heavy (non-hydrogen) atoms. The third-order valence-corrected chi connectivity index (χ3v) is 6.45. The van der Waals surface area contributed by atoms with Crippen molar-refractivity contribution in [2.75, 3.05) is 19.6 Å². The van der Waals surface area contributed by atoms with Crippen molar-refractivity contribution < 1.29 is 9.59 Å². The molecule has 1 spiro atoms. The first-order chi connectivity index (χ1) is 12.8. The first kappa shape index (κ1) is 18.5. The van der Waals surface area contributed by atoms with Crippen molar-refractivity contribution in [1.82, 2.24) is 25.5 Å². The van der Waals surface area contributed by atoms with Crippen LogP contribution in [-0.2, 0) is 21.5 Å². The van der Waals surface area contributed by atoms with E-state index in [0.29, 0.717) is 37.9 Å². The molecule has 1 aliphatic carbocycles. The molecule has 1 aromatic rings. The second-order valence-corrected chi connectivity index (χ2v) is 9.20. The summed E-state index contributed by atoms with van der Waals surface area (Å²) in [5, 5.41) is 6.67. The topological polar surface area (TPSA) is 90.1 Å². The van der Waals surface area contributed by atoms with Crippen molar-refractivity contribution in [2.45, 2.75) is 64.5 Å². The van der Waals surface area contributed by atoms with Crippen LogP contribution in [0.2, 0.25) is 0 Å². The molecule has 1 aromatic heterocycles. The van der Waals surface area contributed by atoms with Gasteiger partial charge in [0.15, 0.2) is 0 Å². The molecule has 4 rings (SSSR count). The van der Waals surface area contributed by atoms with Crippen molar-refractivity contribution in [3.8, 4) is 0 Å². The van der Waals surface area contributed by atoms with Gasteiger partial charge in [-0.2, -0.15) is 0 Å². The Morgan fingerprint density at radius 1 is 1.30 bits per heavy atom. The normalized spacial score (nSPS) is 25.3. The van der Waals surface area contributed by atoms with E-state index in [1.807, 2.05) is 4.90 Å². The number of nitrogens with zero attached hydrogens (tertiary/aromatic N) is 2. The lowest BCUT2D eigenvalue weighted by Crippen LogP contribution is -2.62. The number of carbonyl (C=O) groups is 2. The van der Waals surface area contributed by atoms with Gasteiger partial charge >= 0.3 is 0 Å². The summed E-state index contributed by atoms with van der Waals surface area (Å²) in [6.07, 6.45) is 5.95. The summed E-state index contributed by atoms with van der Waals surface area (Å²) >= 11 is 0. The van der Waals surface area contributed by atoms with Gasteiger partial charge in [-0.05, 0) is 31.6 Å². The first-order valence-electron chi connectivity index (χ1n) is 10.2. The minimum atomic E-state index is -0.325. The Hall–Kier alpha value is -1.89. The van der Waals surface area contributed by atoms with Crippen LogP contribution in [0, 0.1) is 11.3 Å². The van der Waals surface area contributed by atoms with Crippen molar-refractivity contribution >= 4 is 11.8 Å². The van der Waals surface area contributed by atoms with Gasteiger partial charge < -0.3 is 15.2 Å². The monoisotopic (exact) mass is 373 g/mol. The number of aromatic amines is 1. The highest BCUT2D eigenvalue weighted by Crippen LogP contribution is 2.47. The van der Waals surface area contributed by atoms with Crippen LogP contribution in [-0.4, -0.2) is 52.4 Å². The van der Waals surface area contributed by atoms with Crippen molar-refractivity contribution in [2.24, 2.45) is 11.3 Å². The highest BCUT2D eigenvalue weighted by molar-refractivity contribution is 5.85. The zero-order valence-electron chi connectivity index (χ0n) is 16.6. The average molecular weight is 374 g/mol. The number of nitrogens with one attached hydrogen (secondary N) is 3. The fourth-order valence-corrected chi connectivity index (χ4v) is 4.39. The van der Waals surface area contributed by atoms with E-state index in [1.54, 1.807) is 6.33 Å². The van der Waals surface area contributed by atoms with Gasteiger partial charge in [0.1, 0.15) is 0 Å². The van der Waals surface area contributed by atoms with Gasteiger partial charge in [0.2, 0.25) is 11.8 Å². The molecule has 1 saturated carbocycles. The maximum Gasteiger partial charge on any atom is 0.237 e. The van der Waals surface area contributed by atoms with Gasteiger partial charge in [-0.3, -0.25) is 14.9 Å². The SMILES string of the molecule is CC(C)CNC(=O)C1Cc2[nH]cnc2C2(CCN(C(=O)C3(C)CC3)CC2)N1. The van der Waals surface area contributed by atoms with E-state index in [4.69, 9.17) is 0 Å². The predicted molar refractivity (Wildman–Crippen MR) is 102 cm³/mol. The molecule has 0 bridgehead atoms. The van der Waals surface area contributed by atoms with Crippen LogP contribution in [0.3, 0.4) is 0 Å². The van der Waals surface area contributed by atoms with E-state index in [1.165, 1.54) is 0 Å². The van der Waals surface area contributed by atoms with E-state index in [0.717, 1.165) is 37.1 Å². The molecule has 3 N–H and O–H groups in total. The molecule has 2 aliphatic heterocycles. The predicted octanol–water partition coefficient (Wildman–Crippen LogP) is 1.31. The molecule has 148 valence electrons. The molecule has 0 aromatic carbocycles. The van der Waals surface area contributed by atoms with Crippen LogP contribution in [0.15, 0.2) is 6.33 Å². The molecule has 1 atom stereocenters. The molecule has 1 unspecified atom stereocenters. The molecule has 1 saturated heterocycles. The Balaban J connectivity index is 1.48. The van der Waals surface area contributed by atoms with E-state index in [-0.39, 0.29) is 22.9 Å². The van der Waals surface area contributed by atoms with Crippen LogP contribution in [0.4, 0.5) is 0 Å². The minimum Gasteiger partial charge on any atom is -0.354 e. The number of rotatable bonds is 4. The Bertz CT molecular complexity index is 728. The van der Waals surface area contributed by atoms with Gasteiger partial charge in [0.05, 0.1) is 23.6 Å². The molecule has 7 nitrogen and oxygen atoms in total. The summed E-state index contributed by atoms with van der Waals surface area (Å²) in [6.45, 7) is 8.37. The standard InChI is InChI=1S/C20H31N5O2/c1-13(2)11-21-17(26)15-10-14-16(23-12-22-14)20(24-15)6-8-25(9-7-20)18(27)19(3)4-5-19/h12-13,15,24H,4-11H2,1-3H3,(H,21,26)(H,22,23). The fraction of sp³-hybridized carbons (Fsp3) is 0.750. The van der Waals surface area contributed by atoms with Gasteiger partial charge in [0, 0.05) is 37.2 Å². The third kappa shape index (κ3) is 3.37. The van der Waals surface area contributed by atoms with Crippen LogP contribution in [0.25, 0.3) is 0 Å². The quantitative estimate of drug-likeness (QED) is 0.742. The minimum absolute atomic E-state index is 0.0484. The third-order valence-electron chi connectivity index (χ3n) is 6.45. The summed E-state index contributed by atoms with van der Waals surface area (Å²) < 4.78 is 0. The number of piperidine rings is 1. The van der Waals surface area contributed by atoms with Gasteiger partial charge in [-0.1, -0.05) is 20.8 Å². The van der Waals surface area contributed by atoms with Gasteiger partial charge in [-0.15, -0.1) is 0 Å². The van der Waals surface area contributed by atoms with Gasteiger partial charge in [0.25, 0.3) is 0 Å². The van der Waals surface area contributed by atoms with Crippen molar-refractivity contribution in [3.63, 3.8) is 0 Å². The summed E-state index contributed by atoms with van der Waals surface area (Å²) in [5.41, 5.74) is 1.63. The Morgan fingerprint density at radius 2 is 2.00 bits per heavy atom. The molecule has 0 radical (unpaired) electrons. The summed E-state index contributed by atoms with van der Waals surface area (Å²) in [5.74, 6) is 0.765. The fourth-order valence-electron chi connectivity index (χ4n) is 4.39. The second kappa shape index (κ2) is 6.62. The molecular weight excluding hydrogens is 342 g/mol. The lowest BCUT2D eigenvalue weighted by atomic mass is 9.78. The van der Waals surface area contributed by atoms with Crippen LogP contribution in [0.1, 0.15) is 57.8 Å². The number of H-pyrrole nitrogens is 1. The second-order valence-electron chi connectivity index (χ2n) is 9.20. The number of likely N-dealkylation sites (tertiary alicyclic amines) is 1. The van der Waals surface area contributed by atoms with Crippen LogP contribution in [0.5, 0.6) is 0 Å². The number of hydrogen-bond acceptors (Lipinski definition) is 4. The lowest BCUT2D eigenvalue weighted by molar-refractivity contribution is -0.138. The number of aromatic nitrogens is 2. The number of carbonyl (C=O) groups excluding carboxylic acids is 2. The maximum atomic E-state index is 12.7. The highest BCUT2D eigenvalue weighted by atomic mass is 16.2. The number of imidazole rings is 1. The smallest absolute Gasteiger partial charge is 0.237 e. The maximum absolute atomic E-state index is 12.7. The molecule has 3 aliphatic rings. The summed E-state index contributed by atoms with van der Waals surface area (Å²) in [6, 6.07) is -0.264. The molecular formula is C20H31N5O2. The Morgan fingerprint density at radius 3 is 2.63 bits per heavy atom. The summed E-state index contributed by atoms with van der Waals surface area (Å²) in [7, 11) is 0. The largest absolute Gasteiger partial charge is 0.354 e. The molecule has 2 fully saturated rings. The Labute approximate surface area is 160 Å². The zero-order chi connectivity index (χ0) is 19.2. The van der Waals surface area contributed by atoms with E-state index in [9.17, 15) is 9.59 Å². The van der Waals surface area contributed by atoms with E-state index >= 15 is 0 Å². The van der Waals surface area contributed by atoms with Gasteiger partial charge in [-0.25, -0.2) is 4.98 Å². The summed E-state index contributed by atoms with van der Waals surface area (Å²) in [4.78, 5) is 35.2. The van der Waals surface area contributed by atoms with Crippen LogP contribution >= 0.6 is 0 Å². The van der Waals surface area contributed by atoms with Crippen LogP contribution < -0.4 is 10.6 Å². The Kier molecular flexibility index (Phi) is 4.53. The zero-order valence-corrected chi connectivity index (χ0v) is 16.6. The van der Waals surface area contributed by atoms with E-state index in [2.05, 4.69) is 41.4 Å². The number of amides is 2. The highest BCUT2D eigenvalue weighted by Gasteiger charge is 2.51. The number of hydrogen-bond donors (Lipinski definition) is 3. The van der Waals surface area contributed by atoms with Crippen molar-refractivity contribution in [3.05, 3.63) is 17.7 Å².